The summed E-state index contributed by atoms with van der Waals surface area (Å²) >= 11 is 0. The predicted octanol–water partition coefficient (Wildman–Crippen LogP) is 2.39. The van der Waals surface area contributed by atoms with Crippen molar-refractivity contribution in [2.24, 2.45) is 0 Å². The molecule has 0 radical (unpaired) electrons. The number of carboxylic acids is 1. The zero-order valence-corrected chi connectivity index (χ0v) is 7.56. The fourth-order valence-corrected chi connectivity index (χ4v) is 0.983. The summed E-state index contributed by atoms with van der Waals surface area (Å²) in [7, 11) is 0. The molecule has 0 heterocycles. The van der Waals surface area contributed by atoms with Gasteiger partial charge in [0.05, 0.1) is 0 Å². The minimum Gasteiger partial charge on any atom is -0.478 e. The molecule has 0 unspecified atom stereocenters. The van der Waals surface area contributed by atoms with E-state index in [0.29, 0.717) is 5.56 Å². The van der Waals surface area contributed by atoms with E-state index >= 15 is 0 Å². The molecule has 0 aliphatic carbocycles. The average Bonchev–Trinajstić information content (AvgIpc) is 2.15. The monoisotopic (exact) mass is 214 g/mol. The van der Waals surface area contributed by atoms with E-state index in [1.54, 1.807) is 6.07 Å². The topological polar surface area (TPSA) is 46.5 Å². The van der Waals surface area contributed by atoms with Gasteiger partial charge < -0.3 is 9.84 Å². The van der Waals surface area contributed by atoms with Gasteiger partial charge >= 0.3 is 12.6 Å². The number of rotatable bonds is 4. The van der Waals surface area contributed by atoms with Gasteiger partial charge in [0.25, 0.3) is 0 Å². The van der Waals surface area contributed by atoms with Crippen molar-refractivity contribution in [2.45, 2.75) is 6.61 Å². The first kappa shape index (κ1) is 11.2. The lowest BCUT2D eigenvalue weighted by molar-refractivity contribution is -0.131. The van der Waals surface area contributed by atoms with Crippen LogP contribution in [0.3, 0.4) is 0 Å². The van der Waals surface area contributed by atoms with Crippen LogP contribution < -0.4 is 4.74 Å². The van der Waals surface area contributed by atoms with E-state index in [-0.39, 0.29) is 5.75 Å². The molecule has 0 saturated carbocycles. The van der Waals surface area contributed by atoms with Crippen molar-refractivity contribution < 1.29 is 23.4 Å². The van der Waals surface area contributed by atoms with Crippen LogP contribution >= 0.6 is 0 Å². The van der Waals surface area contributed by atoms with Crippen molar-refractivity contribution in [3.63, 3.8) is 0 Å². The van der Waals surface area contributed by atoms with Crippen LogP contribution in [0.1, 0.15) is 5.56 Å². The van der Waals surface area contributed by atoms with Gasteiger partial charge in [-0.2, -0.15) is 8.78 Å². The first-order valence-electron chi connectivity index (χ1n) is 4.04. The number of alkyl halides is 2. The van der Waals surface area contributed by atoms with Gasteiger partial charge in [0, 0.05) is 11.6 Å². The summed E-state index contributed by atoms with van der Waals surface area (Å²) in [5, 5.41) is 8.37. The maximum absolute atomic E-state index is 11.9. The van der Waals surface area contributed by atoms with Crippen molar-refractivity contribution in [2.75, 3.05) is 0 Å². The quantitative estimate of drug-likeness (QED) is 0.782. The number of carbonyl (C=O) groups is 1. The van der Waals surface area contributed by atoms with Crippen LogP contribution in [0.5, 0.6) is 5.75 Å². The lowest BCUT2D eigenvalue weighted by atomic mass is 10.2. The molecular weight excluding hydrogens is 206 g/mol. The molecule has 0 amide bonds. The molecule has 1 aromatic carbocycles. The number of benzene rings is 1. The number of hydrogen-bond acceptors (Lipinski definition) is 2. The number of halogens is 2. The Kier molecular flexibility index (Phi) is 3.79. The van der Waals surface area contributed by atoms with Crippen LogP contribution in [-0.4, -0.2) is 17.7 Å². The van der Waals surface area contributed by atoms with E-state index < -0.39 is 12.6 Å². The van der Waals surface area contributed by atoms with Crippen molar-refractivity contribution in [3.8, 4) is 5.75 Å². The highest BCUT2D eigenvalue weighted by atomic mass is 19.3. The van der Waals surface area contributed by atoms with Crippen molar-refractivity contribution >= 4 is 12.0 Å². The SMILES string of the molecule is O=C(O)C=Cc1ccccc1OC(F)F. The molecule has 0 spiro atoms. The Labute approximate surface area is 84.6 Å². The highest BCUT2D eigenvalue weighted by Crippen LogP contribution is 2.21. The molecule has 0 atom stereocenters. The Morgan fingerprint density at radius 3 is 2.67 bits per heavy atom. The predicted molar refractivity (Wildman–Crippen MR) is 49.7 cm³/mol. The Morgan fingerprint density at radius 1 is 1.40 bits per heavy atom. The number of carboxylic acid groups (broad SMARTS) is 1. The van der Waals surface area contributed by atoms with Crippen LogP contribution in [0.15, 0.2) is 30.3 Å². The third kappa shape index (κ3) is 3.76. The number of ether oxygens (including phenoxy) is 1. The zero-order valence-electron chi connectivity index (χ0n) is 7.56. The zero-order chi connectivity index (χ0) is 11.3. The van der Waals surface area contributed by atoms with Gasteiger partial charge in [0.1, 0.15) is 5.75 Å². The summed E-state index contributed by atoms with van der Waals surface area (Å²) in [5.74, 6) is -1.20. The van der Waals surface area contributed by atoms with Crippen molar-refractivity contribution in [3.05, 3.63) is 35.9 Å². The second kappa shape index (κ2) is 5.09. The molecule has 0 saturated heterocycles. The lowest BCUT2D eigenvalue weighted by Gasteiger charge is -2.06. The van der Waals surface area contributed by atoms with Crippen molar-refractivity contribution in [1.29, 1.82) is 0 Å². The van der Waals surface area contributed by atoms with E-state index in [4.69, 9.17) is 5.11 Å². The Balaban J connectivity index is 2.91. The van der Waals surface area contributed by atoms with Gasteiger partial charge in [0.2, 0.25) is 0 Å². The first-order chi connectivity index (χ1) is 7.09. The fourth-order valence-electron chi connectivity index (χ4n) is 0.983. The van der Waals surface area contributed by atoms with E-state index in [0.717, 1.165) is 6.08 Å². The molecule has 1 N–H and O–H groups in total. The van der Waals surface area contributed by atoms with Gasteiger partial charge in [-0.05, 0) is 12.1 Å². The summed E-state index contributed by atoms with van der Waals surface area (Å²) in [4.78, 5) is 10.2. The second-order valence-corrected chi connectivity index (χ2v) is 2.59. The summed E-state index contributed by atoms with van der Waals surface area (Å²) < 4.78 is 28.1. The van der Waals surface area contributed by atoms with Crippen LogP contribution in [0, 0.1) is 0 Å². The van der Waals surface area contributed by atoms with Gasteiger partial charge in [-0.15, -0.1) is 0 Å². The minimum atomic E-state index is -2.93. The molecule has 1 rings (SSSR count). The normalized spacial score (nSPS) is 10.9. The molecule has 1 aromatic rings. The van der Waals surface area contributed by atoms with Crippen LogP contribution in [0.25, 0.3) is 6.08 Å². The van der Waals surface area contributed by atoms with Crippen LogP contribution in [0.2, 0.25) is 0 Å². The van der Waals surface area contributed by atoms with E-state index in [1.165, 1.54) is 24.3 Å². The Morgan fingerprint density at radius 2 is 2.07 bits per heavy atom. The summed E-state index contributed by atoms with van der Waals surface area (Å²) in [6.45, 7) is -2.93. The van der Waals surface area contributed by atoms with Gasteiger partial charge in [-0.3, -0.25) is 0 Å². The Bertz CT molecular complexity index is 375. The first-order valence-corrected chi connectivity index (χ1v) is 4.04. The van der Waals surface area contributed by atoms with Crippen molar-refractivity contribution in [1.82, 2.24) is 0 Å². The van der Waals surface area contributed by atoms with Crippen LogP contribution in [-0.2, 0) is 4.79 Å². The minimum absolute atomic E-state index is 0.0509. The third-order valence-corrected chi connectivity index (χ3v) is 1.54. The number of aliphatic carboxylic acids is 1. The lowest BCUT2D eigenvalue weighted by Crippen LogP contribution is -2.03. The van der Waals surface area contributed by atoms with E-state index in [1.807, 2.05) is 0 Å². The molecule has 80 valence electrons. The molecule has 3 nitrogen and oxygen atoms in total. The number of para-hydroxylation sites is 1. The Hall–Kier alpha value is -1.91. The van der Waals surface area contributed by atoms with E-state index in [2.05, 4.69) is 4.74 Å². The van der Waals surface area contributed by atoms with Crippen LogP contribution in [0.4, 0.5) is 8.78 Å². The largest absolute Gasteiger partial charge is 0.478 e. The van der Waals surface area contributed by atoms with E-state index in [9.17, 15) is 13.6 Å². The molecule has 0 aliphatic rings. The molecule has 15 heavy (non-hydrogen) atoms. The highest BCUT2D eigenvalue weighted by molar-refractivity contribution is 5.85. The molecular formula is C10H8F2O3. The molecule has 0 aliphatic heterocycles. The maximum Gasteiger partial charge on any atom is 0.387 e. The van der Waals surface area contributed by atoms with Gasteiger partial charge in [-0.25, -0.2) is 4.79 Å². The van der Waals surface area contributed by atoms with Gasteiger partial charge in [-0.1, -0.05) is 18.2 Å². The molecule has 5 heteroatoms. The highest BCUT2D eigenvalue weighted by Gasteiger charge is 2.06. The standard InChI is InChI=1S/C10H8F2O3/c11-10(12)15-8-4-2-1-3-7(8)5-6-9(13)14/h1-6,10H,(H,13,14). The average molecular weight is 214 g/mol. The third-order valence-electron chi connectivity index (χ3n) is 1.54. The summed E-state index contributed by atoms with van der Waals surface area (Å²) in [6, 6.07) is 5.94. The second-order valence-electron chi connectivity index (χ2n) is 2.59. The molecule has 0 bridgehead atoms. The fraction of sp³-hybridized carbons (Fsp3) is 0.100. The summed E-state index contributed by atoms with van der Waals surface area (Å²) in [5.41, 5.74) is 0.292. The smallest absolute Gasteiger partial charge is 0.387 e. The summed E-state index contributed by atoms with van der Waals surface area (Å²) in [6.07, 6.45) is 2.05. The number of hydrogen-bond donors (Lipinski definition) is 1. The van der Waals surface area contributed by atoms with Gasteiger partial charge in [0.15, 0.2) is 0 Å². The maximum atomic E-state index is 11.9. The molecule has 0 aromatic heterocycles. The molecule has 0 fully saturated rings.